The highest BCUT2D eigenvalue weighted by atomic mass is 32.1. The Morgan fingerprint density at radius 2 is 2.86 bits per heavy atom. The lowest BCUT2D eigenvalue weighted by Gasteiger charge is -1.64. The van der Waals surface area contributed by atoms with Crippen molar-refractivity contribution < 1.29 is 1.43 Å². The summed E-state index contributed by atoms with van der Waals surface area (Å²) in [7, 11) is 0. The lowest BCUT2D eigenvalue weighted by Crippen LogP contribution is -1.53. The first-order valence-electron chi connectivity index (χ1n) is 1.78. The molecule has 0 spiro atoms. The quantitative estimate of drug-likeness (QED) is 0.461. The maximum Gasteiger partial charge on any atom is 0.0964 e. The van der Waals surface area contributed by atoms with E-state index in [0.717, 1.165) is 4.88 Å². The Kier molecular flexibility index (Phi) is 1.10. The summed E-state index contributed by atoms with van der Waals surface area (Å²) in [4.78, 5) is 4.66. The van der Waals surface area contributed by atoms with E-state index in [2.05, 4.69) is 10.9 Å². The monoisotopic (exact) mass is 111 g/mol. The van der Waals surface area contributed by atoms with Gasteiger partial charge >= 0.3 is 0 Å². The Morgan fingerprint density at radius 1 is 2.00 bits per heavy atom. The van der Waals surface area contributed by atoms with E-state index in [1.165, 1.54) is 11.3 Å². The Hall–Kier alpha value is -0.810. The lowest BCUT2D eigenvalue weighted by atomic mass is 10.6. The van der Waals surface area contributed by atoms with Crippen molar-refractivity contribution >= 4 is 11.3 Å². The molecule has 0 aliphatic carbocycles. The van der Waals surface area contributed by atoms with Crippen LogP contribution in [0.5, 0.6) is 0 Å². The van der Waals surface area contributed by atoms with E-state index in [0.29, 0.717) is 0 Å². The zero-order chi connectivity index (χ0) is 5.11. The first-order chi connectivity index (χ1) is 3.43. The van der Waals surface area contributed by atoms with E-state index in [1.54, 1.807) is 11.7 Å². The van der Waals surface area contributed by atoms with Crippen LogP contribution in [0.25, 0.3) is 0 Å². The fourth-order valence-electron chi connectivity index (χ4n) is 0.287. The van der Waals surface area contributed by atoms with Crippen LogP contribution in [-0.2, 0) is 0 Å². The lowest BCUT2D eigenvalue weighted by molar-refractivity contribution is 1.42. The molecular formula is C5H5NS. The van der Waals surface area contributed by atoms with Gasteiger partial charge in [-0.1, -0.05) is 5.92 Å². The standard InChI is InChI=1S/C5H3NS.H2/c1-2-5-3-6-4-7-5;/h1,3-4H;1H. The van der Waals surface area contributed by atoms with Gasteiger partial charge < -0.3 is 0 Å². The van der Waals surface area contributed by atoms with Crippen molar-refractivity contribution in [2.75, 3.05) is 0 Å². The van der Waals surface area contributed by atoms with Crippen LogP contribution in [0.2, 0.25) is 0 Å². The summed E-state index contributed by atoms with van der Waals surface area (Å²) in [5, 5.41) is 0. The number of terminal acetylenes is 1. The van der Waals surface area contributed by atoms with Gasteiger partial charge in [0, 0.05) is 1.43 Å². The molecule has 1 rings (SSSR count). The van der Waals surface area contributed by atoms with Gasteiger partial charge in [-0.15, -0.1) is 17.8 Å². The van der Waals surface area contributed by atoms with E-state index in [1.807, 2.05) is 0 Å². The molecule has 0 aromatic carbocycles. The molecular weight excluding hydrogens is 106 g/mol. The maximum atomic E-state index is 5.01. The number of hydrogen-bond donors (Lipinski definition) is 0. The summed E-state index contributed by atoms with van der Waals surface area (Å²) in [6, 6.07) is 0. The van der Waals surface area contributed by atoms with E-state index < -0.39 is 0 Å². The molecule has 0 fully saturated rings. The third-order valence-corrected chi connectivity index (χ3v) is 1.28. The summed E-state index contributed by atoms with van der Waals surface area (Å²) in [6.45, 7) is 0. The fourth-order valence-corrected chi connectivity index (χ4v) is 0.712. The molecule has 0 bridgehead atoms. The number of nitrogens with zero attached hydrogens (tertiary/aromatic N) is 1. The second-order valence-corrected chi connectivity index (χ2v) is 1.90. The predicted molar refractivity (Wildman–Crippen MR) is 32.2 cm³/mol. The topological polar surface area (TPSA) is 12.9 Å². The van der Waals surface area contributed by atoms with Crippen molar-refractivity contribution in [1.82, 2.24) is 4.98 Å². The van der Waals surface area contributed by atoms with Crippen molar-refractivity contribution in [2.45, 2.75) is 0 Å². The van der Waals surface area contributed by atoms with Crippen LogP contribution >= 0.6 is 11.3 Å². The Morgan fingerprint density at radius 3 is 3.14 bits per heavy atom. The normalized spacial score (nSPS) is 7.86. The van der Waals surface area contributed by atoms with Crippen molar-refractivity contribution in [1.29, 1.82) is 0 Å². The average molecular weight is 111 g/mol. The summed E-state index contributed by atoms with van der Waals surface area (Å²) in [5.74, 6) is 2.46. The zero-order valence-corrected chi connectivity index (χ0v) is 4.40. The van der Waals surface area contributed by atoms with E-state index in [9.17, 15) is 0 Å². The number of thiazole rings is 1. The summed E-state index contributed by atoms with van der Waals surface area (Å²) >= 11 is 1.48. The smallest absolute Gasteiger partial charge is 0.0964 e. The minimum atomic E-state index is 0. The molecule has 0 saturated carbocycles. The maximum absolute atomic E-state index is 5.01. The molecule has 1 nitrogen and oxygen atoms in total. The first-order valence-corrected chi connectivity index (χ1v) is 2.66. The average Bonchev–Trinajstić information content (AvgIpc) is 2.14. The molecule has 7 heavy (non-hydrogen) atoms. The van der Waals surface area contributed by atoms with Crippen LogP contribution in [0.15, 0.2) is 11.7 Å². The van der Waals surface area contributed by atoms with Gasteiger partial charge in [0.2, 0.25) is 0 Å². The highest BCUT2D eigenvalue weighted by Gasteiger charge is 1.80. The SMILES string of the molecule is C#Cc1cncs1.[HH]. The van der Waals surface area contributed by atoms with Crippen molar-refractivity contribution in [2.24, 2.45) is 0 Å². The molecule has 0 saturated heterocycles. The molecule has 0 amide bonds. The highest BCUT2D eigenvalue weighted by molar-refractivity contribution is 7.10. The number of hydrogen-bond acceptors (Lipinski definition) is 2. The van der Waals surface area contributed by atoms with Gasteiger partial charge in [-0.25, -0.2) is 0 Å². The van der Waals surface area contributed by atoms with Crippen LogP contribution in [0, 0.1) is 12.3 Å². The van der Waals surface area contributed by atoms with Crippen LogP contribution in [0.4, 0.5) is 0 Å². The molecule has 0 aliphatic heterocycles. The minimum Gasteiger partial charge on any atom is -0.252 e. The Bertz CT molecular complexity index is 175. The summed E-state index contributed by atoms with van der Waals surface area (Å²) < 4.78 is 0. The third-order valence-electron chi connectivity index (χ3n) is 0.575. The Labute approximate surface area is 47.5 Å². The van der Waals surface area contributed by atoms with Gasteiger partial charge in [-0.3, -0.25) is 4.98 Å². The van der Waals surface area contributed by atoms with Crippen molar-refractivity contribution in [3.8, 4) is 12.3 Å². The molecule has 1 aromatic rings. The molecule has 0 radical (unpaired) electrons. The first kappa shape index (κ1) is 4.35. The minimum absolute atomic E-state index is 0. The van der Waals surface area contributed by atoms with Gasteiger partial charge in [0.05, 0.1) is 16.6 Å². The van der Waals surface area contributed by atoms with Gasteiger partial charge in [0.1, 0.15) is 0 Å². The van der Waals surface area contributed by atoms with Crippen molar-refractivity contribution in [3.05, 3.63) is 16.6 Å². The van der Waals surface area contributed by atoms with Crippen LogP contribution in [0.3, 0.4) is 0 Å². The highest BCUT2D eigenvalue weighted by Crippen LogP contribution is 2.00. The molecule has 0 N–H and O–H groups in total. The van der Waals surface area contributed by atoms with E-state index >= 15 is 0 Å². The predicted octanol–water partition coefficient (Wildman–Crippen LogP) is 1.37. The van der Waals surface area contributed by atoms with Gasteiger partial charge in [0.25, 0.3) is 0 Å². The van der Waals surface area contributed by atoms with Crippen LogP contribution in [-0.4, -0.2) is 4.98 Å². The van der Waals surface area contributed by atoms with Crippen LogP contribution in [0.1, 0.15) is 6.30 Å². The molecule has 1 aromatic heterocycles. The molecule has 1 heterocycles. The molecule has 0 aliphatic rings. The number of aromatic nitrogens is 1. The third kappa shape index (κ3) is 0.787. The Balaban J connectivity index is 0.000000490. The second kappa shape index (κ2) is 1.76. The molecule has 0 unspecified atom stereocenters. The van der Waals surface area contributed by atoms with Gasteiger partial charge in [-0.2, -0.15) is 0 Å². The second-order valence-electron chi connectivity index (χ2n) is 1.01. The van der Waals surface area contributed by atoms with Crippen molar-refractivity contribution in [3.63, 3.8) is 0 Å². The molecule has 2 heteroatoms. The number of rotatable bonds is 0. The molecule has 0 atom stereocenters. The van der Waals surface area contributed by atoms with E-state index in [-0.39, 0.29) is 1.43 Å². The van der Waals surface area contributed by atoms with Gasteiger partial charge in [-0.05, 0) is 0 Å². The largest absolute Gasteiger partial charge is 0.252 e. The zero-order valence-electron chi connectivity index (χ0n) is 3.59. The van der Waals surface area contributed by atoms with E-state index in [4.69, 9.17) is 6.42 Å². The van der Waals surface area contributed by atoms with Gasteiger partial charge in [0.15, 0.2) is 0 Å². The summed E-state index contributed by atoms with van der Waals surface area (Å²) in [5.41, 5.74) is 1.72. The van der Waals surface area contributed by atoms with Crippen LogP contribution < -0.4 is 0 Å². The fraction of sp³-hybridized carbons (Fsp3) is 0. The summed E-state index contributed by atoms with van der Waals surface area (Å²) in [6.07, 6.45) is 6.69. The molecule has 36 valence electrons.